The molecule has 0 saturated carbocycles. The van der Waals surface area contributed by atoms with Gasteiger partial charge in [0.2, 0.25) is 0 Å². The van der Waals surface area contributed by atoms with E-state index in [1.165, 1.54) is 12.1 Å². The quantitative estimate of drug-likeness (QED) is 0.456. The smallest absolute Gasteiger partial charge is 0.258 e. The second-order valence-electron chi connectivity index (χ2n) is 4.32. The molecule has 2 rings (SSSR count). The number of nitro groups is 1. The van der Waals surface area contributed by atoms with Gasteiger partial charge in [0.25, 0.3) is 5.69 Å². The summed E-state index contributed by atoms with van der Waals surface area (Å²) in [5.74, 6) is 0. The van der Waals surface area contributed by atoms with Gasteiger partial charge >= 0.3 is 0 Å². The van der Waals surface area contributed by atoms with Crippen LogP contribution in [0.1, 0.15) is 11.1 Å². The molecule has 0 fully saturated rings. The monoisotopic (exact) mass is 255 g/mol. The summed E-state index contributed by atoms with van der Waals surface area (Å²) >= 11 is 0. The van der Waals surface area contributed by atoms with Gasteiger partial charge in [-0.05, 0) is 37.6 Å². The molecule has 0 unspecified atom stereocenters. The maximum absolute atomic E-state index is 10.8. The fraction of sp³-hybridized carbons (Fsp3) is 0.143. The number of non-ortho nitro benzene ring substituents is 1. The summed E-state index contributed by atoms with van der Waals surface area (Å²) in [4.78, 5) is 10.3. The van der Waals surface area contributed by atoms with Gasteiger partial charge in [0.15, 0.2) is 0 Å². The third-order valence-electron chi connectivity index (χ3n) is 2.57. The Kier molecular flexibility index (Phi) is 3.66. The molecular formula is C14H13N3O2. The highest BCUT2D eigenvalue weighted by molar-refractivity contribution is 5.50. The first-order valence-corrected chi connectivity index (χ1v) is 5.79. The summed E-state index contributed by atoms with van der Waals surface area (Å²) in [5.41, 5.74) is 3.15. The third-order valence-corrected chi connectivity index (χ3v) is 2.57. The molecule has 0 radical (unpaired) electrons. The average molecular weight is 255 g/mol. The van der Waals surface area contributed by atoms with Gasteiger partial charge in [-0.15, -0.1) is 0 Å². The van der Waals surface area contributed by atoms with Crippen LogP contribution < -0.4 is 0 Å². The minimum absolute atomic E-state index is 0.0258. The first-order valence-electron chi connectivity index (χ1n) is 5.79. The van der Waals surface area contributed by atoms with E-state index in [2.05, 4.69) is 10.2 Å². The van der Waals surface area contributed by atoms with Crippen molar-refractivity contribution in [3.05, 3.63) is 63.7 Å². The van der Waals surface area contributed by atoms with Crippen molar-refractivity contribution in [2.24, 2.45) is 10.2 Å². The Hall–Kier alpha value is -2.56. The largest absolute Gasteiger partial charge is 0.271 e. The topological polar surface area (TPSA) is 67.9 Å². The van der Waals surface area contributed by atoms with Crippen LogP contribution in [0.5, 0.6) is 0 Å². The Bertz CT molecular complexity index is 634. The van der Waals surface area contributed by atoms with Gasteiger partial charge in [0, 0.05) is 12.1 Å². The van der Waals surface area contributed by atoms with E-state index in [0.29, 0.717) is 5.69 Å². The van der Waals surface area contributed by atoms with Crippen LogP contribution in [0.2, 0.25) is 0 Å². The number of aryl methyl sites for hydroxylation is 2. The molecule has 0 heterocycles. The normalized spacial score (nSPS) is 10.8. The second kappa shape index (κ2) is 5.39. The number of azo groups is 1. The van der Waals surface area contributed by atoms with Crippen molar-refractivity contribution in [2.75, 3.05) is 0 Å². The zero-order chi connectivity index (χ0) is 13.8. The predicted molar refractivity (Wildman–Crippen MR) is 73.2 cm³/mol. The van der Waals surface area contributed by atoms with Crippen LogP contribution in [-0.2, 0) is 0 Å². The van der Waals surface area contributed by atoms with Gasteiger partial charge in [-0.3, -0.25) is 10.1 Å². The lowest BCUT2D eigenvalue weighted by Crippen LogP contribution is -1.87. The van der Waals surface area contributed by atoms with Crippen molar-refractivity contribution in [3.8, 4) is 0 Å². The molecule has 0 aliphatic heterocycles. The van der Waals surface area contributed by atoms with Gasteiger partial charge in [-0.25, -0.2) is 0 Å². The van der Waals surface area contributed by atoms with Gasteiger partial charge in [-0.2, -0.15) is 10.2 Å². The summed E-state index contributed by atoms with van der Waals surface area (Å²) in [6, 6.07) is 12.2. The van der Waals surface area contributed by atoms with E-state index in [0.717, 1.165) is 16.8 Å². The summed E-state index contributed by atoms with van der Waals surface area (Å²) in [6.45, 7) is 3.78. The van der Waals surface area contributed by atoms with Crippen LogP contribution in [0, 0.1) is 24.0 Å². The summed E-state index contributed by atoms with van der Waals surface area (Å²) < 4.78 is 0. The number of hydrogen-bond acceptors (Lipinski definition) is 4. The molecule has 0 bridgehead atoms. The first-order chi connectivity index (χ1) is 9.04. The van der Waals surface area contributed by atoms with Crippen molar-refractivity contribution in [1.82, 2.24) is 0 Å². The van der Waals surface area contributed by atoms with E-state index >= 15 is 0 Å². The highest BCUT2D eigenvalue weighted by Gasteiger charge is 2.07. The van der Waals surface area contributed by atoms with Crippen molar-refractivity contribution in [2.45, 2.75) is 13.8 Å². The van der Waals surface area contributed by atoms with E-state index in [1.54, 1.807) is 13.0 Å². The maximum atomic E-state index is 10.8. The van der Waals surface area contributed by atoms with E-state index < -0.39 is 4.92 Å². The molecule has 0 atom stereocenters. The first kappa shape index (κ1) is 12.9. The maximum Gasteiger partial charge on any atom is 0.271 e. The number of rotatable bonds is 3. The molecule has 0 spiro atoms. The highest BCUT2D eigenvalue weighted by atomic mass is 16.6. The molecule has 0 aromatic heterocycles. The van der Waals surface area contributed by atoms with Gasteiger partial charge in [0.1, 0.15) is 0 Å². The molecule has 0 N–H and O–H groups in total. The lowest BCUT2D eigenvalue weighted by atomic mass is 10.2. The molecule has 0 aliphatic rings. The molecule has 19 heavy (non-hydrogen) atoms. The fourth-order valence-electron chi connectivity index (χ4n) is 1.63. The molecular weight excluding hydrogens is 242 g/mol. The van der Waals surface area contributed by atoms with Crippen molar-refractivity contribution >= 4 is 17.1 Å². The van der Waals surface area contributed by atoms with E-state index in [9.17, 15) is 10.1 Å². The Morgan fingerprint density at radius 2 is 1.53 bits per heavy atom. The lowest BCUT2D eigenvalue weighted by molar-refractivity contribution is -0.384. The summed E-state index contributed by atoms with van der Waals surface area (Å²) in [7, 11) is 0. The minimum Gasteiger partial charge on any atom is -0.258 e. The highest BCUT2D eigenvalue weighted by Crippen LogP contribution is 2.24. The second-order valence-corrected chi connectivity index (χ2v) is 4.32. The molecule has 2 aromatic carbocycles. The Morgan fingerprint density at radius 1 is 0.895 bits per heavy atom. The van der Waals surface area contributed by atoms with Gasteiger partial charge in [0.05, 0.1) is 16.3 Å². The van der Waals surface area contributed by atoms with Crippen LogP contribution in [0.15, 0.2) is 52.7 Å². The minimum atomic E-state index is -0.433. The number of nitrogens with zero attached hydrogens (tertiary/aromatic N) is 3. The standard InChI is InChI=1S/C14H13N3O2/c1-10-3-5-12(6-4-10)15-16-13-7-11(2)8-14(9-13)17(18)19/h3-9H,1-2H3. The summed E-state index contributed by atoms with van der Waals surface area (Å²) in [5, 5.41) is 18.8. The lowest BCUT2D eigenvalue weighted by Gasteiger charge is -1.97. The third kappa shape index (κ3) is 3.45. The van der Waals surface area contributed by atoms with E-state index in [-0.39, 0.29) is 5.69 Å². The zero-order valence-corrected chi connectivity index (χ0v) is 10.7. The number of benzene rings is 2. The molecule has 96 valence electrons. The number of hydrogen-bond donors (Lipinski definition) is 0. The zero-order valence-electron chi connectivity index (χ0n) is 10.7. The van der Waals surface area contributed by atoms with E-state index in [1.807, 2.05) is 31.2 Å². The average Bonchev–Trinajstić information content (AvgIpc) is 2.37. The molecule has 2 aromatic rings. The van der Waals surface area contributed by atoms with Gasteiger partial charge in [-0.1, -0.05) is 17.7 Å². The van der Waals surface area contributed by atoms with Crippen molar-refractivity contribution in [3.63, 3.8) is 0 Å². The Balaban J connectivity index is 2.27. The molecule has 0 aliphatic carbocycles. The van der Waals surface area contributed by atoms with E-state index in [4.69, 9.17) is 0 Å². The fourth-order valence-corrected chi connectivity index (χ4v) is 1.63. The predicted octanol–water partition coefficient (Wildman–Crippen LogP) is 4.63. The van der Waals surface area contributed by atoms with Crippen molar-refractivity contribution < 1.29 is 4.92 Å². The van der Waals surface area contributed by atoms with Crippen LogP contribution in [0.25, 0.3) is 0 Å². The van der Waals surface area contributed by atoms with Crippen LogP contribution >= 0.6 is 0 Å². The SMILES string of the molecule is Cc1ccc(N=Nc2cc(C)cc([N+](=O)[O-])c2)cc1. The Morgan fingerprint density at radius 3 is 2.16 bits per heavy atom. The molecule has 5 heteroatoms. The van der Waals surface area contributed by atoms with Crippen LogP contribution in [0.3, 0.4) is 0 Å². The Labute approximate surface area is 110 Å². The van der Waals surface area contributed by atoms with Crippen molar-refractivity contribution in [1.29, 1.82) is 0 Å². The molecule has 0 amide bonds. The van der Waals surface area contributed by atoms with Crippen LogP contribution in [0.4, 0.5) is 17.1 Å². The number of nitro benzene ring substituents is 1. The van der Waals surface area contributed by atoms with Crippen LogP contribution in [-0.4, -0.2) is 4.92 Å². The van der Waals surface area contributed by atoms with Gasteiger partial charge < -0.3 is 0 Å². The molecule has 0 saturated heterocycles. The summed E-state index contributed by atoms with van der Waals surface area (Å²) in [6.07, 6.45) is 0. The molecule has 5 nitrogen and oxygen atoms in total.